The van der Waals surface area contributed by atoms with Gasteiger partial charge >= 0.3 is 0 Å². The zero-order chi connectivity index (χ0) is 16.7. The van der Waals surface area contributed by atoms with Crippen molar-refractivity contribution in [2.24, 2.45) is 4.99 Å². The van der Waals surface area contributed by atoms with Gasteiger partial charge in [-0.15, -0.1) is 0 Å². The summed E-state index contributed by atoms with van der Waals surface area (Å²) < 4.78 is 26.9. The first-order valence-electron chi connectivity index (χ1n) is 7.48. The van der Waals surface area contributed by atoms with Crippen LogP contribution in [0, 0.1) is 0 Å². The molecule has 0 radical (unpaired) electrons. The van der Waals surface area contributed by atoms with Gasteiger partial charge in [-0.3, -0.25) is 0 Å². The molecule has 0 saturated heterocycles. The maximum absolute atomic E-state index is 13.4. The molecule has 5 heteroatoms. The van der Waals surface area contributed by atoms with Gasteiger partial charge in [0, 0.05) is 30.3 Å². The highest BCUT2D eigenvalue weighted by molar-refractivity contribution is 6.07. The zero-order valence-electron chi connectivity index (χ0n) is 13.0. The highest BCUT2D eigenvalue weighted by Gasteiger charge is 2.46. The quantitative estimate of drug-likeness (QED) is 0.918. The predicted octanol–water partition coefficient (Wildman–Crippen LogP) is 4.20. The summed E-state index contributed by atoms with van der Waals surface area (Å²) in [5, 5.41) is 9.97. The van der Waals surface area contributed by atoms with Crippen LogP contribution in [0.2, 0.25) is 0 Å². The van der Waals surface area contributed by atoms with Crippen LogP contribution in [0.3, 0.4) is 0 Å². The first kappa shape index (κ1) is 15.7. The Hall–Kier alpha value is -2.14. The molecule has 2 aromatic rings. The fourth-order valence-corrected chi connectivity index (χ4v) is 2.41. The van der Waals surface area contributed by atoms with Crippen molar-refractivity contribution in [2.45, 2.75) is 37.7 Å². The van der Waals surface area contributed by atoms with Gasteiger partial charge < -0.3 is 5.11 Å². The summed E-state index contributed by atoms with van der Waals surface area (Å²) in [5.74, 6) is -2.46. The minimum atomic E-state index is -3.25. The van der Waals surface area contributed by atoms with E-state index in [4.69, 9.17) is 0 Å². The summed E-state index contributed by atoms with van der Waals surface area (Å²) in [6.45, 7) is 1.78. The van der Waals surface area contributed by atoms with Gasteiger partial charge in [-0.25, -0.2) is 18.8 Å². The Morgan fingerprint density at radius 1 is 1.13 bits per heavy atom. The standard InChI is InChI=1S/C18H18F2N2O/c1-17(23,18(2,19)20)13-8-9-16(21-11-13)22-15-10-14(15)12-6-4-3-5-7-12/h3-9,11,14,23H,10H2,1-2H3/t14-,17?/m0/s1. The van der Waals surface area contributed by atoms with E-state index in [1.807, 2.05) is 18.2 Å². The lowest BCUT2D eigenvalue weighted by Gasteiger charge is -2.29. The molecular weight excluding hydrogens is 298 g/mol. The molecule has 1 saturated carbocycles. The molecule has 0 spiro atoms. The molecule has 1 heterocycles. The topological polar surface area (TPSA) is 45.5 Å². The Balaban J connectivity index is 1.76. The Bertz CT molecular complexity index is 719. The van der Waals surface area contributed by atoms with E-state index < -0.39 is 11.5 Å². The summed E-state index contributed by atoms with van der Waals surface area (Å²) in [4.78, 5) is 8.54. The van der Waals surface area contributed by atoms with Crippen LogP contribution >= 0.6 is 0 Å². The van der Waals surface area contributed by atoms with E-state index in [-0.39, 0.29) is 5.56 Å². The second kappa shape index (κ2) is 5.49. The third kappa shape index (κ3) is 3.15. The van der Waals surface area contributed by atoms with Crippen LogP contribution in [0.25, 0.3) is 0 Å². The average molecular weight is 316 g/mol. The fourth-order valence-electron chi connectivity index (χ4n) is 2.41. The highest BCUT2D eigenvalue weighted by atomic mass is 19.3. The lowest BCUT2D eigenvalue weighted by atomic mass is 9.91. The van der Waals surface area contributed by atoms with E-state index in [2.05, 4.69) is 22.1 Å². The lowest BCUT2D eigenvalue weighted by molar-refractivity contribution is -0.165. The molecular formula is C18H18F2N2O. The maximum atomic E-state index is 13.4. The van der Waals surface area contributed by atoms with E-state index >= 15 is 0 Å². The number of nitrogens with zero attached hydrogens (tertiary/aromatic N) is 2. The summed E-state index contributed by atoms with van der Waals surface area (Å²) in [6.07, 6.45) is 2.15. The van der Waals surface area contributed by atoms with E-state index in [0.717, 1.165) is 19.1 Å². The van der Waals surface area contributed by atoms with Gasteiger partial charge in [-0.2, -0.15) is 0 Å². The third-order valence-electron chi connectivity index (χ3n) is 4.28. The van der Waals surface area contributed by atoms with Crippen molar-refractivity contribution < 1.29 is 13.9 Å². The van der Waals surface area contributed by atoms with E-state index in [0.29, 0.717) is 18.7 Å². The van der Waals surface area contributed by atoms with Crippen LogP contribution in [-0.2, 0) is 5.60 Å². The normalized spacial score (nSPS) is 22.0. The number of alkyl halides is 2. The van der Waals surface area contributed by atoms with Crippen LogP contribution in [0.1, 0.15) is 37.3 Å². The van der Waals surface area contributed by atoms with Gasteiger partial charge in [-0.1, -0.05) is 36.4 Å². The minimum Gasteiger partial charge on any atom is -0.379 e. The minimum absolute atomic E-state index is 0.0735. The summed E-state index contributed by atoms with van der Waals surface area (Å²) in [7, 11) is 0. The number of benzene rings is 1. The van der Waals surface area contributed by atoms with Crippen molar-refractivity contribution in [3.05, 3.63) is 59.8 Å². The molecule has 0 aliphatic heterocycles. The third-order valence-corrected chi connectivity index (χ3v) is 4.28. The summed E-state index contributed by atoms with van der Waals surface area (Å²) in [6, 6.07) is 13.1. The van der Waals surface area contributed by atoms with Crippen molar-refractivity contribution in [1.29, 1.82) is 0 Å². The Morgan fingerprint density at radius 3 is 2.39 bits per heavy atom. The number of rotatable bonds is 4. The molecule has 0 amide bonds. The number of hydrogen-bond acceptors (Lipinski definition) is 3. The fraction of sp³-hybridized carbons (Fsp3) is 0.333. The average Bonchev–Trinajstić information content (AvgIpc) is 3.27. The van der Waals surface area contributed by atoms with Crippen molar-refractivity contribution in [3.8, 4) is 0 Å². The molecule has 1 N–H and O–H groups in total. The van der Waals surface area contributed by atoms with Crippen molar-refractivity contribution in [2.75, 3.05) is 0 Å². The van der Waals surface area contributed by atoms with E-state index in [1.54, 1.807) is 6.07 Å². The zero-order valence-corrected chi connectivity index (χ0v) is 13.0. The molecule has 1 aliphatic carbocycles. The van der Waals surface area contributed by atoms with Crippen LogP contribution in [0.5, 0.6) is 0 Å². The first-order valence-corrected chi connectivity index (χ1v) is 7.48. The van der Waals surface area contributed by atoms with Gasteiger partial charge in [0.2, 0.25) is 0 Å². The van der Waals surface area contributed by atoms with Crippen molar-refractivity contribution >= 4 is 11.5 Å². The molecule has 1 fully saturated rings. The van der Waals surface area contributed by atoms with Crippen LogP contribution in [-0.4, -0.2) is 21.7 Å². The number of aliphatic hydroxyl groups is 1. The largest absolute Gasteiger partial charge is 0.379 e. The molecule has 3 rings (SSSR count). The maximum Gasteiger partial charge on any atom is 0.277 e. The molecule has 1 unspecified atom stereocenters. The number of pyridine rings is 1. The second-order valence-electron chi connectivity index (χ2n) is 6.14. The SMILES string of the molecule is CC(F)(F)C(C)(O)c1ccc(N=C2C[C@H]2c2ccccc2)nc1. The molecule has 1 aromatic heterocycles. The number of hydrogen-bond donors (Lipinski definition) is 1. The van der Waals surface area contributed by atoms with Crippen molar-refractivity contribution in [1.82, 2.24) is 4.98 Å². The monoisotopic (exact) mass is 316 g/mol. The molecule has 1 aromatic carbocycles. The van der Waals surface area contributed by atoms with Gasteiger partial charge in [0.1, 0.15) is 0 Å². The Kier molecular flexibility index (Phi) is 3.76. The molecule has 2 atom stereocenters. The molecule has 0 bridgehead atoms. The van der Waals surface area contributed by atoms with Crippen molar-refractivity contribution in [3.63, 3.8) is 0 Å². The van der Waals surface area contributed by atoms with Gasteiger partial charge in [0.25, 0.3) is 5.92 Å². The summed E-state index contributed by atoms with van der Waals surface area (Å²) >= 11 is 0. The van der Waals surface area contributed by atoms with Crippen LogP contribution in [0.4, 0.5) is 14.6 Å². The van der Waals surface area contributed by atoms with Gasteiger partial charge in [-0.05, 0) is 25.0 Å². The summed E-state index contributed by atoms with van der Waals surface area (Å²) in [5.41, 5.74) is 0.0717. The Labute approximate surface area is 133 Å². The van der Waals surface area contributed by atoms with Gasteiger partial charge in [0.15, 0.2) is 11.4 Å². The molecule has 3 nitrogen and oxygen atoms in total. The van der Waals surface area contributed by atoms with Crippen LogP contribution < -0.4 is 0 Å². The van der Waals surface area contributed by atoms with Crippen LogP contribution in [0.15, 0.2) is 53.7 Å². The number of aromatic nitrogens is 1. The second-order valence-corrected chi connectivity index (χ2v) is 6.14. The Morgan fingerprint density at radius 2 is 1.83 bits per heavy atom. The smallest absolute Gasteiger partial charge is 0.277 e. The number of aliphatic imine (C=N–C) groups is 1. The molecule has 120 valence electrons. The number of halogens is 2. The van der Waals surface area contributed by atoms with E-state index in [9.17, 15) is 13.9 Å². The van der Waals surface area contributed by atoms with E-state index in [1.165, 1.54) is 17.8 Å². The highest BCUT2D eigenvalue weighted by Crippen LogP contribution is 2.39. The lowest BCUT2D eigenvalue weighted by Crippen LogP contribution is -2.40. The molecule has 1 aliphatic rings. The first-order chi connectivity index (χ1) is 10.8. The van der Waals surface area contributed by atoms with Gasteiger partial charge in [0.05, 0.1) is 0 Å². The molecule has 23 heavy (non-hydrogen) atoms. The predicted molar refractivity (Wildman–Crippen MR) is 85.3 cm³/mol.